The Kier molecular flexibility index (Phi) is 11.3. The van der Waals surface area contributed by atoms with E-state index in [1.807, 2.05) is 36.4 Å². The van der Waals surface area contributed by atoms with Crippen molar-refractivity contribution in [1.29, 1.82) is 0 Å². The maximum Gasteiger partial charge on any atom is 0.407 e. The molecule has 0 radical (unpaired) electrons. The summed E-state index contributed by atoms with van der Waals surface area (Å²) < 4.78 is 9.13. The molecule has 13 heteroatoms. The monoisotopic (exact) mass is 635 g/mol. The average molecular weight is 636 g/mol. The van der Waals surface area contributed by atoms with Crippen molar-refractivity contribution in [3.05, 3.63) is 54.1 Å². The highest BCUT2D eigenvalue weighted by molar-refractivity contribution is 5.99. The van der Waals surface area contributed by atoms with Crippen molar-refractivity contribution in [3.8, 4) is 11.1 Å². The molecule has 0 spiro atoms. The average Bonchev–Trinajstić information content (AvgIpc) is 3.75. The lowest BCUT2D eigenvalue weighted by Crippen LogP contribution is -2.51. The molecule has 5 amide bonds. The van der Waals surface area contributed by atoms with E-state index in [2.05, 4.69) is 25.4 Å². The van der Waals surface area contributed by atoms with E-state index in [0.29, 0.717) is 44.5 Å². The number of carbonyl (C=O) groups excluding carboxylic acids is 6. The zero-order chi connectivity index (χ0) is 33.4. The number of ketones is 1. The zero-order valence-corrected chi connectivity index (χ0v) is 26.5. The summed E-state index contributed by atoms with van der Waals surface area (Å²) in [6, 6.07) is 12.1. The molecule has 0 aromatic heterocycles. The minimum absolute atomic E-state index is 0.0549. The first kappa shape index (κ1) is 33.9. The molecule has 246 valence electrons. The van der Waals surface area contributed by atoms with Crippen molar-refractivity contribution >= 4 is 41.4 Å². The second kappa shape index (κ2) is 15.4. The standard InChI is InChI=1S/C33H41N5O8/c1-20(34-32(43)45-3)30(41)37-17-5-7-26(37)28(39)19-22-9-11-23(12-10-22)24-13-15-25(16-14-24)36-29(40)27-8-6-18-38(27)31(42)21(2)35-33(44)46-4/h9-16,20-21,26-27H,5-8,17-19H2,1-4H3,(H,34,43)(H,35,44)(H,36,40)/t20-,21-,26-,27-/m0/s1. The van der Waals surface area contributed by atoms with Crippen LogP contribution >= 0.6 is 0 Å². The SMILES string of the molecule is COC(=O)N[C@@H](C)C(=O)N1CCC[C@H]1C(=O)Cc1ccc(-c2ccc(NC(=O)[C@@H]3CCCN3C(=O)[C@H](C)NC(=O)OC)cc2)cc1. The summed E-state index contributed by atoms with van der Waals surface area (Å²) >= 11 is 0. The van der Waals surface area contributed by atoms with E-state index in [-0.39, 0.29) is 29.9 Å². The molecule has 0 saturated carbocycles. The van der Waals surface area contributed by atoms with Crippen LogP contribution in [0.3, 0.4) is 0 Å². The van der Waals surface area contributed by atoms with Crippen LogP contribution in [0, 0.1) is 0 Å². The first-order valence-electron chi connectivity index (χ1n) is 15.3. The number of Topliss-reactive ketones (excluding diaryl/α,β-unsaturated/α-hetero) is 1. The van der Waals surface area contributed by atoms with Crippen molar-refractivity contribution in [2.24, 2.45) is 0 Å². The lowest BCUT2D eigenvalue weighted by Gasteiger charge is -2.27. The lowest BCUT2D eigenvalue weighted by atomic mass is 9.98. The summed E-state index contributed by atoms with van der Waals surface area (Å²) in [6.45, 7) is 4.01. The van der Waals surface area contributed by atoms with Crippen LogP contribution in [0.5, 0.6) is 0 Å². The molecule has 2 fully saturated rings. The van der Waals surface area contributed by atoms with Gasteiger partial charge in [-0.2, -0.15) is 0 Å². The highest BCUT2D eigenvalue weighted by Gasteiger charge is 2.37. The first-order valence-corrected chi connectivity index (χ1v) is 15.3. The number of carbonyl (C=O) groups is 6. The maximum absolute atomic E-state index is 13.2. The minimum atomic E-state index is -0.822. The zero-order valence-electron chi connectivity index (χ0n) is 26.5. The van der Waals surface area contributed by atoms with Crippen LogP contribution in [-0.4, -0.2) is 97.0 Å². The normalized spacial score (nSPS) is 18.7. The molecule has 13 nitrogen and oxygen atoms in total. The number of benzene rings is 2. The Morgan fingerprint density at radius 3 is 1.67 bits per heavy atom. The van der Waals surface area contributed by atoms with Crippen LogP contribution in [-0.2, 0) is 35.1 Å². The first-order chi connectivity index (χ1) is 22.0. The topological polar surface area (TPSA) is 163 Å². The molecule has 4 rings (SSSR count). The lowest BCUT2D eigenvalue weighted by molar-refractivity contribution is -0.138. The third-order valence-electron chi connectivity index (χ3n) is 8.34. The molecular formula is C33H41N5O8. The van der Waals surface area contributed by atoms with Crippen LogP contribution < -0.4 is 16.0 Å². The van der Waals surface area contributed by atoms with Gasteiger partial charge in [0.15, 0.2) is 5.78 Å². The fourth-order valence-corrected chi connectivity index (χ4v) is 5.87. The van der Waals surface area contributed by atoms with Crippen molar-refractivity contribution in [2.75, 3.05) is 32.6 Å². The van der Waals surface area contributed by atoms with Gasteiger partial charge in [0.05, 0.1) is 20.3 Å². The predicted molar refractivity (Wildman–Crippen MR) is 169 cm³/mol. The molecular weight excluding hydrogens is 594 g/mol. The van der Waals surface area contributed by atoms with Gasteiger partial charge in [0, 0.05) is 25.2 Å². The number of alkyl carbamates (subject to hydrolysis) is 2. The van der Waals surface area contributed by atoms with Crippen LogP contribution in [0.2, 0.25) is 0 Å². The van der Waals surface area contributed by atoms with Crippen molar-refractivity contribution in [2.45, 2.75) is 70.1 Å². The number of nitrogens with one attached hydrogen (secondary N) is 3. The molecule has 2 heterocycles. The van der Waals surface area contributed by atoms with E-state index in [0.717, 1.165) is 16.7 Å². The Hall–Kier alpha value is -4.94. The number of ether oxygens (including phenoxy) is 2. The second-order valence-corrected chi connectivity index (χ2v) is 11.5. The smallest absolute Gasteiger partial charge is 0.407 e. The summed E-state index contributed by atoms with van der Waals surface area (Å²) in [5.74, 6) is -1.01. The Bertz CT molecular complexity index is 1340. The Morgan fingerprint density at radius 1 is 0.717 bits per heavy atom. The highest BCUT2D eigenvalue weighted by atomic mass is 16.5. The van der Waals surface area contributed by atoms with Gasteiger partial charge in [-0.3, -0.25) is 19.2 Å². The van der Waals surface area contributed by atoms with E-state index in [9.17, 15) is 28.8 Å². The summed E-state index contributed by atoms with van der Waals surface area (Å²) in [5, 5.41) is 7.80. The summed E-state index contributed by atoms with van der Waals surface area (Å²) in [7, 11) is 2.44. The number of anilines is 1. The van der Waals surface area contributed by atoms with Crippen LogP contribution in [0.1, 0.15) is 45.1 Å². The maximum atomic E-state index is 13.2. The summed E-state index contributed by atoms with van der Waals surface area (Å²) in [4.78, 5) is 78.0. The number of amides is 5. The van der Waals surface area contributed by atoms with E-state index in [1.165, 1.54) is 19.1 Å². The van der Waals surface area contributed by atoms with Gasteiger partial charge >= 0.3 is 12.2 Å². The number of nitrogens with zero attached hydrogens (tertiary/aromatic N) is 2. The molecule has 0 unspecified atom stereocenters. The Labute approximate surface area is 268 Å². The molecule has 3 N–H and O–H groups in total. The quantitative estimate of drug-likeness (QED) is 0.359. The molecule has 2 aliphatic rings. The van der Waals surface area contributed by atoms with Gasteiger partial charge in [0.1, 0.15) is 18.1 Å². The van der Waals surface area contributed by atoms with Gasteiger partial charge in [-0.25, -0.2) is 9.59 Å². The van der Waals surface area contributed by atoms with E-state index >= 15 is 0 Å². The summed E-state index contributed by atoms with van der Waals surface area (Å²) in [6.07, 6.45) is 1.27. The van der Waals surface area contributed by atoms with Crippen LogP contribution in [0.25, 0.3) is 11.1 Å². The minimum Gasteiger partial charge on any atom is -0.453 e. The third-order valence-corrected chi connectivity index (χ3v) is 8.34. The van der Waals surface area contributed by atoms with E-state index < -0.39 is 36.4 Å². The number of rotatable bonds is 10. The van der Waals surface area contributed by atoms with Gasteiger partial charge in [-0.05, 0) is 68.4 Å². The molecule has 4 atom stereocenters. The van der Waals surface area contributed by atoms with Crippen LogP contribution in [0.4, 0.5) is 15.3 Å². The van der Waals surface area contributed by atoms with Crippen molar-refractivity contribution < 1.29 is 38.2 Å². The number of methoxy groups -OCH3 is 2. The fourth-order valence-electron chi connectivity index (χ4n) is 5.87. The summed E-state index contributed by atoms with van der Waals surface area (Å²) in [5.41, 5.74) is 3.25. The van der Waals surface area contributed by atoms with Gasteiger partial charge in [0.2, 0.25) is 17.7 Å². The molecule has 2 aromatic carbocycles. The van der Waals surface area contributed by atoms with Gasteiger partial charge < -0.3 is 35.2 Å². The molecule has 46 heavy (non-hydrogen) atoms. The second-order valence-electron chi connectivity index (χ2n) is 11.5. The van der Waals surface area contributed by atoms with Gasteiger partial charge in [-0.1, -0.05) is 36.4 Å². The van der Waals surface area contributed by atoms with Crippen molar-refractivity contribution in [3.63, 3.8) is 0 Å². The van der Waals surface area contributed by atoms with E-state index in [4.69, 9.17) is 0 Å². The number of hydrogen-bond acceptors (Lipinski definition) is 8. The number of hydrogen-bond donors (Lipinski definition) is 3. The van der Waals surface area contributed by atoms with Gasteiger partial charge in [0.25, 0.3) is 0 Å². The van der Waals surface area contributed by atoms with Crippen molar-refractivity contribution in [1.82, 2.24) is 20.4 Å². The Morgan fingerprint density at radius 2 is 1.17 bits per heavy atom. The molecule has 0 bridgehead atoms. The predicted octanol–water partition coefficient (Wildman–Crippen LogP) is 2.87. The Balaban J connectivity index is 1.32. The molecule has 2 saturated heterocycles. The fraction of sp³-hybridized carbons (Fsp3) is 0.455. The number of likely N-dealkylation sites (tertiary alicyclic amines) is 2. The molecule has 2 aliphatic heterocycles. The third kappa shape index (κ3) is 8.20. The van der Waals surface area contributed by atoms with Crippen LogP contribution in [0.15, 0.2) is 48.5 Å². The molecule has 0 aliphatic carbocycles. The molecule has 2 aromatic rings. The van der Waals surface area contributed by atoms with Gasteiger partial charge in [-0.15, -0.1) is 0 Å². The highest BCUT2D eigenvalue weighted by Crippen LogP contribution is 2.25. The largest absolute Gasteiger partial charge is 0.453 e. The van der Waals surface area contributed by atoms with E-state index in [1.54, 1.807) is 30.9 Å².